The number of carboxylic acid groups (broad SMARTS) is 2. The lowest BCUT2D eigenvalue weighted by atomic mass is 10.1. The Bertz CT molecular complexity index is 572. The fourth-order valence-corrected chi connectivity index (χ4v) is 1.62. The molecule has 2 unspecified atom stereocenters. The van der Waals surface area contributed by atoms with Crippen LogP contribution in [0.2, 0.25) is 0 Å². The molecule has 0 aliphatic heterocycles. The average molecular weight is 355 g/mol. The first-order valence-corrected chi connectivity index (χ1v) is 7.43. The molecule has 2 atom stereocenters. The number of carboxylic acids is 2. The first-order chi connectivity index (χ1) is 11.6. The molecule has 1 aromatic rings. The van der Waals surface area contributed by atoms with Crippen molar-refractivity contribution in [3.8, 4) is 5.75 Å². The third-order valence-corrected chi connectivity index (χ3v) is 2.99. The summed E-state index contributed by atoms with van der Waals surface area (Å²) in [6.07, 6.45) is 1.23. The van der Waals surface area contributed by atoms with Crippen molar-refractivity contribution >= 4 is 17.9 Å². The maximum absolute atomic E-state index is 10.4. The molecular weight excluding hydrogens is 330 g/mol. The monoisotopic (exact) mass is 355 g/mol. The standard InChI is InChI=1S/C9H11NO3.C6H14N4O2/c10-8(9(12)13)5-6-1-3-7(11)4-2-6;7-4(5(11)12)2-1-3-10-6(8)9/h1-4,8,11H,5,10H2,(H,12,13);4H,1-3,7H2,(H,11,12)(H4,8,9,10). The van der Waals surface area contributed by atoms with E-state index in [0.717, 1.165) is 5.56 Å². The van der Waals surface area contributed by atoms with Crippen molar-refractivity contribution in [1.82, 2.24) is 0 Å². The van der Waals surface area contributed by atoms with Crippen LogP contribution in [0, 0.1) is 0 Å². The van der Waals surface area contributed by atoms with Crippen molar-refractivity contribution < 1.29 is 24.9 Å². The van der Waals surface area contributed by atoms with Crippen LogP contribution in [-0.2, 0) is 16.0 Å². The van der Waals surface area contributed by atoms with Crippen molar-refractivity contribution in [2.24, 2.45) is 27.9 Å². The van der Waals surface area contributed by atoms with E-state index >= 15 is 0 Å². The largest absolute Gasteiger partial charge is 0.508 e. The number of nitrogens with two attached hydrogens (primary N) is 4. The molecule has 10 heteroatoms. The third-order valence-electron chi connectivity index (χ3n) is 2.99. The van der Waals surface area contributed by atoms with E-state index in [9.17, 15) is 9.59 Å². The topological polar surface area (TPSA) is 211 Å². The first kappa shape index (κ1) is 22.1. The van der Waals surface area contributed by atoms with Gasteiger partial charge in [-0.3, -0.25) is 14.6 Å². The highest BCUT2D eigenvalue weighted by atomic mass is 16.4. The number of hydrogen-bond donors (Lipinski definition) is 7. The highest BCUT2D eigenvalue weighted by molar-refractivity contribution is 5.75. The first-order valence-electron chi connectivity index (χ1n) is 7.43. The molecule has 0 bridgehead atoms. The lowest BCUT2D eigenvalue weighted by molar-refractivity contribution is -0.139. The fourth-order valence-electron chi connectivity index (χ4n) is 1.62. The molecule has 140 valence electrons. The fraction of sp³-hybridized carbons (Fsp3) is 0.400. The number of aliphatic carboxylic acids is 2. The number of carbonyl (C=O) groups is 2. The summed E-state index contributed by atoms with van der Waals surface area (Å²) < 4.78 is 0. The summed E-state index contributed by atoms with van der Waals surface area (Å²) in [6, 6.07) is 4.60. The Morgan fingerprint density at radius 2 is 1.52 bits per heavy atom. The Morgan fingerprint density at radius 1 is 1.00 bits per heavy atom. The maximum atomic E-state index is 10.4. The summed E-state index contributed by atoms with van der Waals surface area (Å²) >= 11 is 0. The van der Waals surface area contributed by atoms with Gasteiger partial charge in [0.1, 0.15) is 17.8 Å². The van der Waals surface area contributed by atoms with E-state index < -0.39 is 24.0 Å². The van der Waals surface area contributed by atoms with Gasteiger partial charge >= 0.3 is 11.9 Å². The van der Waals surface area contributed by atoms with Crippen LogP contribution >= 0.6 is 0 Å². The Hall–Kier alpha value is -2.85. The number of benzene rings is 1. The number of phenolic OH excluding ortho intramolecular Hbond substituents is 1. The maximum Gasteiger partial charge on any atom is 0.320 e. The zero-order chi connectivity index (χ0) is 19.4. The highest BCUT2D eigenvalue weighted by Gasteiger charge is 2.11. The van der Waals surface area contributed by atoms with Gasteiger partial charge in [-0.05, 0) is 37.0 Å². The molecule has 0 heterocycles. The van der Waals surface area contributed by atoms with Crippen molar-refractivity contribution in [3.05, 3.63) is 29.8 Å². The van der Waals surface area contributed by atoms with Gasteiger partial charge in [-0.2, -0.15) is 0 Å². The smallest absolute Gasteiger partial charge is 0.320 e. The van der Waals surface area contributed by atoms with Crippen LogP contribution in [0.3, 0.4) is 0 Å². The molecule has 1 aromatic carbocycles. The molecule has 0 amide bonds. The Labute approximate surface area is 145 Å². The van der Waals surface area contributed by atoms with E-state index in [1.54, 1.807) is 12.1 Å². The molecule has 0 fully saturated rings. The average Bonchev–Trinajstić information content (AvgIpc) is 2.53. The summed E-state index contributed by atoms with van der Waals surface area (Å²) in [5.74, 6) is -1.85. The molecular formula is C15H25N5O5. The van der Waals surface area contributed by atoms with Gasteiger partial charge in [0.2, 0.25) is 0 Å². The molecule has 0 saturated heterocycles. The van der Waals surface area contributed by atoms with Crippen LogP contribution in [0.4, 0.5) is 0 Å². The van der Waals surface area contributed by atoms with Crippen LogP contribution in [-0.4, -0.2) is 51.8 Å². The summed E-state index contributed by atoms with van der Waals surface area (Å²) in [7, 11) is 0. The minimum absolute atomic E-state index is 0.0129. The van der Waals surface area contributed by atoms with Crippen LogP contribution in [0.5, 0.6) is 5.75 Å². The summed E-state index contributed by atoms with van der Waals surface area (Å²) in [5.41, 5.74) is 21.4. The lowest BCUT2D eigenvalue weighted by Crippen LogP contribution is -2.32. The predicted octanol–water partition coefficient (Wildman–Crippen LogP) is -1.20. The molecule has 0 aliphatic rings. The van der Waals surface area contributed by atoms with Gasteiger partial charge in [0.25, 0.3) is 0 Å². The second-order valence-corrected chi connectivity index (χ2v) is 5.21. The molecule has 0 radical (unpaired) electrons. The van der Waals surface area contributed by atoms with E-state index in [0.29, 0.717) is 19.4 Å². The molecule has 11 N–H and O–H groups in total. The number of rotatable bonds is 8. The van der Waals surface area contributed by atoms with E-state index in [1.807, 2.05) is 0 Å². The second-order valence-electron chi connectivity index (χ2n) is 5.21. The number of nitrogens with zero attached hydrogens (tertiary/aromatic N) is 1. The van der Waals surface area contributed by atoms with Crippen LogP contribution in [0.15, 0.2) is 29.3 Å². The Morgan fingerprint density at radius 3 is 1.96 bits per heavy atom. The van der Waals surface area contributed by atoms with Crippen LogP contribution in [0.1, 0.15) is 18.4 Å². The molecule has 0 spiro atoms. The number of aromatic hydroxyl groups is 1. The zero-order valence-corrected chi connectivity index (χ0v) is 13.7. The molecule has 25 heavy (non-hydrogen) atoms. The summed E-state index contributed by atoms with van der Waals surface area (Å²) in [6.45, 7) is 0.420. The summed E-state index contributed by atoms with van der Waals surface area (Å²) in [5, 5.41) is 25.9. The second kappa shape index (κ2) is 11.6. The van der Waals surface area contributed by atoms with Crippen molar-refractivity contribution in [2.75, 3.05) is 6.54 Å². The van der Waals surface area contributed by atoms with Gasteiger partial charge in [-0.25, -0.2) is 0 Å². The van der Waals surface area contributed by atoms with Gasteiger partial charge in [-0.15, -0.1) is 0 Å². The molecule has 0 saturated carbocycles. The van der Waals surface area contributed by atoms with Gasteiger partial charge in [0.15, 0.2) is 5.96 Å². The quantitative estimate of drug-likeness (QED) is 0.169. The van der Waals surface area contributed by atoms with Gasteiger partial charge in [-0.1, -0.05) is 12.1 Å². The zero-order valence-electron chi connectivity index (χ0n) is 13.7. The molecule has 0 aromatic heterocycles. The summed E-state index contributed by atoms with van der Waals surface area (Å²) in [4.78, 5) is 24.3. The number of hydrogen-bond acceptors (Lipinski definition) is 6. The van der Waals surface area contributed by atoms with E-state index in [1.165, 1.54) is 12.1 Å². The number of aliphatic imine (C=N–C) groups is 1. The van der Waals surface area contributed by atoms with Gasteiger partial charge in [0, 0.05) is 6.54 Å². The van der Waals surface area contributed by atoms with Gasteiger partial charge in [0.05, 0.1) is 0 Å². The number of guanidine groups is 1. The van der Waals surface area contributed by atoms with Crippen LogP contribution in [0.25, 0.3) is 0 Å². The predicted molar refractivity (Wildman–Crippen MR) is 92.9 cm³/mol. The van der Waals surface area contributed by atoms with Gasteiger partial charge < -0.3 is 38.3 Å². The van der Waals surface area contributed by atoms with Crippen molar-refractivity contribution in [1.29, 1.82) is 0 Å². The number of phenols is 1. The third kappa shape index (κ3) is 11.3. The van der Waals surface area contributed by atoms with Crippen molar-refractivity contribution in [3.63, 3.8) is 0 Å². The molecule has 10 nitrogen and oxygen atoms in total. The van der Waals surface area contributed by atoms with Crippen LogP contribution < -0.4 is 22.9 Å². The van der Waals surface area contributed by atoms with E-state index in [2.05, 4.69) is 4.99 Å². The SMILES string of the molecule is NC(Cc1ccc(O)cc1)C(=O)O.NC(N)=NCCCC(N)C(=O)O. The Kier molecular flexibility index (Phi) is 10.3. The Balaban J connectivity index is 0.000000463. The molecule has 1 rings (SSSR count). The minimum Gasteiger partial charge on any atom is -0.508 e. The highest BCUT2D eigenvalue weighted by Crippen LogP contribution is 2.10. The normalized spacial score (nSPS) is 12.2. The lowest BCUT2D eigenvalue weighted by Gasteiger charge is -2.05. The molecule has 0 aliphatic carbocycles. The van der Waals surface area contributed by atoms with E-state index in [-0.39, 0.29) is 18.1 Å². The minimum atomic E-state index is -1.02. The van der Waals surface area contributed by atoms with E-state index in [4.69, 9.17) is 38.3 Å². The van der Waals surface area contributed by atoms with Crippen molar-refractivity contribution in [2.45, 2.75) is 31.3 Å².